The van der Waals surface area contributed by atoms with E-state index in [1.165, 1.54) is 10.7 Å². The first-order valence-electron chi connectivity index (χ1n) is 8.27. The van der Waals surface area contributed by atoms with Crippen molar-refractivity contribution in [2.45, 2.75) is 39.9 Å². The summed E-state index contributed by atoms with van der Waals surface area (Å²) in [4.78, 5) is 16.7. The molecule has 0 aliphatic rings. The van der Waals surface area contributed by atoms with Gasteiger partial charge in [0, 0.05) is 11.1 Å². The summed E-state index contributed by atoms with van der Waals surface area (Å²) in [5, 5.41) is 4.21. The van der Waals surface area contributed by atoms with Gasteiger partial charge in [0.15, 0.2) is 5.69 Å². The first-order valence-corrected chi connectivity index (χ1v) is 8.65. The Hall–Kier alpha value is -2.35. The predicted molar refractivity (Wildman–Crippen MR) is 95.8 cm³/mol. The van der Waals surface area contributed by atoms with Crippen LogP contribution >= 0.6 is 11.6 Å². The van der Waals surface area contributed by atoms with Gasteiger partial charge in [0.1, 0.15) is 5.69 Å². The predicted octanol–water partition coefficient (Wildman–Crippen LogP) is 5.25. The van der Waals surface area contributed by atoms with Crippen LogP contribution in [-0.4, -0.2) is 14.8 Å². The van der Waals surface area contributed by atoms with Crippen LogP contribution in [0.4, 0.5) is 13.2 Å². The zero-order valence-corrected chi connectivity index (χ0v) is 15.8. The lowest BCUT2D eigenvalue weighted by atomic mass is 10.1. The molecule has 0 spiro atoms. The van der Waals surface area contributed by atoms with Crippen molar-refractivity contribution in [1.82, 2.24) is 14.8 Å². The third kappa shape index (κ3) is 3.58. The molecule has 3 rings (SSSR count). The second-order valence-electron chi connectivity index (χ2n) is 6.77. The van der Waals surface area contributed by atoms with Crippen LogP contribution in [0, 0.1) is 12.8 Å². The maximum atomic E-state index is 13.2. The molecule has 0 aliphatic heterocycles. The topological polar surface area (TPSA) is 60.9 Å². The van der Waals surface area contributed by atoms with Crippen LogP contribution in [0.5, 0.6) is 0 Å². The van der Waals surface area contributed by atoms with Gasteiger partial charge in [0.25, 0.3) is 0 Å². The van der Waals surface area contributed by atoms with E-state index in [1.807, 2.05) is 13.8 Å². The molecule has 0 amide bonds. The summed E-state index contributed by atoms with van der Waals surface area (Å²) in [6, 6.07) is 3.52. The highest BCUT2D eigenvalue weighted by molar-refractivity contribution is 6.31. The van der Waals surface area contributed by atoms with Crippen molar-refractivity contribution < 1.29 is 17.6 Å². The fraction of sp³-hybridized carbons (Fsp3) is 0.389. The van der Waals surface area contributed by atoms with E-state index in [-0.39, 0.29) is 28.9 Å². The highest BCUT2D eigenvalue weighted by atomic mass is 35.5. The van der Waals surface area contributed by atoms with Crippen LogP contribution in [0.15, 0.2) is 27.4 Å². The Labute approximate surface area is 157 Å². The Morgan fingerprint density at radius 1 is 1.19 bits per heavy atom. The van der Waals surface area contributed by atoms with Gasteiger partial charge in [-0.25, -0.2) is 9.78 Å². The molecule has 0 fully saturated rings. The summed E-state index contributed by atoms with van der Waals surface area (Å²) >= 11 is 5.96. The molecule has 144 valence electrons. The zero-order chi connectivity index (χ0) is 20.1. The van der Waals surface area contributed by atoms with Crippen molar-refractivity contribution in [3.05, 3.63) is 44.9 Å². The Balaban J connectivity index is 2.30. The molecule has 0 aliphatic carbocycles. The number of alkyl halides is 3. The van der Waals surface area contributed by atoms with Crippen LogP contribution in [0.3, 0.4) is 0 Å². The third-order valence-electron chi connectivity index (χ3n) is 4.48. The van der Waals surface area contributed by atoms with Gasteiger partial charge < -0.3 is 4.42 Å². The van der Waals surface area contributed by atoms with Gasteiger partial charge in [-0.2, -0.15) is 18.3 Å². The quantitative estimate of drug-likeness (QED) is 0.603. The number of fused-ring (bicyclic) bond motifs is 1. The molecule has 1 unspecified atom stereocenters. The summed E-state index contributed by atoms with van der Waals surface area (Å²) in [5.74, 6) is -0.217. The van der Waals surface area contributed by atoms with Gasteiger partial charge in [-0.1, -0.05) is 25.4 Å². The van der Waals surface area contributed by atoms with E-state index >= 15 is 0 Å². The summed E-state index contributed by atoms with van der Waals surface area (Å²) in [6.45, 7) is 7.17. The van der Waals surface area contributed by atoms with Crippen LogP contribution < -0.4 is 5.63 Å². The fourth-order valence-electron chi connectivity index (χ4n) is 2.70. The summed E-state index contributed by atoms with van der Waals surface area (Å²) < 4.78 is 46.0. The van der Waals surface area contributed by atoms with Crippen molar-refractivity contribution in [3.63, 3.8) is 0 Å². The van der Waals surface area contributed by atoms with Crippen LogP contribution in [-0.2, 0) is 6.18 Å². The number of hydrogen-bond acceptors (Lipinski definition) is 4. The number of rotatable bonds is 3. The minimum absolute atomic E-state index is 0.00236. The molecule has 1 aromatic carbocycles. The Bertz CT molecular complexity index is 1070. The minimum Gasteiger partial charge on any atom is -0.401 e. The maximum absolute atomic E-state index is 13.2. The van der Waals surface area contributed by atoms with Crippen LogP contribution in [0.2, 0.25) is 5.02 Å². The number of nitrogens with zero attached hydrogens (tertiary/aromatic N) is 3. The normalized spacial score (nSPS) is 13.5. The fourth-order valence-corrected chi connectivity index (χ4v) is 2.97. The molecule has 3 aromatic rings. The highest BCUT2D eigenvalue weighted by Crippen LogP contribution is 2.34. The Morgan fingerprint density at radius 2 is 1.85 bits per heavy atom. The van der Waals surface area contributed by atoms with Gasteiger partial charge in [0.05, 0.1) is 16.9 Å². The van der Waals surface area contributed by atoms with E-state index < -0.39 is 17.5 Å². The molecule has 2 aromatic heterocycles. The molecule has 1 atom stereocenters. The molecule has 2 heterocycles. The zero-order valence-electron chi connectivity index (χ0n) is 15.1. The lowest BCUT2D eigenvalue weighted by Crippen LogP contribution is -2.16. The van der Waals surface area contributed by atoms with Gasteiger partial charge in [-0.05, 0) is 37.5 Å². The van der Waals surface area contributed by atoms with Crippen molar-refractivity contribution in [2.75, 3.05) is 0 Å². The summed E-state index contributed by atoms with van der Waals surface area (Å²) in [6.07, 6.45) is -4.63. The molecule has 0 saturated heterocycles. The van der Waals surface area contributed by atoms with E-state index in [2.05, 4.69) is 10.1 Å². The van der Waals surface area contributed by atoms with E-state index in [4.69, 9.17) is 16.0 Å². The average molecular weight is 400 g/mol. The molecule has 9 heteroatoms. The standard InChI is InChI=1S/C18H17ClF3N3O2/c1-8(2)10(4)25-13(7-14(24-25)18(20,21)22)16-23-15-9(3)5-11(19)6-12(15)17(26)27-16/h5-8,10H,1-4H3. The van der Waals surface area contributed by atoms with Crippen molar-refractivity contribution in [1.29, 1.82) is 0 Å². The van der Waals surface area contributed by atoms with Gasteiger partial charge in [-0.15, -0.1) is 0 Å². The molecular formula is C18H17ClF3N3O2. The lowest BCUT2D eigenvalue weighted by Gasteiger charge is -2.18. The van der Waals surface area contributed by atoms with Crippen molar-refractivity contribution in [2.24, 2.45) is 5.92 Å². The van der Waals surface area contributed by atoms with E-state index in [0.717, 1.165) is 6.07 Å². The van der Waals surface area contributed by atoms with Crippen molar-refractivity contribution in [3.8, 4) is 11.6 Å². The van der Waals surface area contributed by atoms with E-state index in [0.29, 0.717) is 16.1 Å². The average Bonchev–Trinajstić information content (AvgIpc) is 3.00. The number of aromatic nitrogens is 3. The van der Waals surface area contributed by atoms with Crippen molar-refractivity contribution >= 4 is 22.5 Å². The smallest absolute Gasteiger partial charge is 0.401 e. The first kappa shape index (κ1) is 19.4. The molecule has 5 nitrogen and oxygen atoms in total. The molecule has 0 radical (unpaired) electrons. The Morgan fingerprint density at radius 3 is 2.44 bits per heavy atom. The van der Waals surface area contributed by atoms with E-state index in [1.54, 1.807) is 19.9 Å². The molecule has 0 bridgehead atoms. The first-order chi connectivity index (χ1) is 12.5. The number of aryl methyl sites for hydroxylation is 1. The molecular weight excluding hydrogens is 383 g/mol. The number of benzene rings is 1. The molecule has 0 saturated carbocycles. The summed E-state index contributed by atoms with van der Waals surface area (Å²) in [7, 11) is 0. The lowest BCUT2D eigenvalue weighted by molar-refractivity contribution is -0.141. The van der Waals surface area contributed by atoms with Gasteiger partial charge in [-0.3, -0.25) is 4.68 Å². The largest absolute Gasteiger partial charge is 0.435 e. The number of halogens is 4. The monoisotopic (exact) mass is 399 g/mol. The van der Waals surface area contributed by atoms with Crippen LogP contribution in [0.1, 0.15) is 38.1 Å². The minimum atomic E-state index is -4.63. The maximum Gasteiger partial charge on any atom is 0.435 e. The van der Waals surface area contributed by atoms with Gasteiger partial charge >= 0.3 is 11.8 Å². The van der Waals surface area contributed by atoms with Crippen LogP contribution in [0.25, 0.3) is 22.5 Å². The van der Waals surface area contributed by atoms with E-state index in [9.17, 15) is 18.0 Å². The second-order valence-corrected chi connectivity index (χ2v) is 7.20. The SMILES string of the molecule is Cc1cc(Cl)cc2c(=O)oc(-c3cc(C(F)(F)F)nn3C(C)C(C)C)nc12. The molecule has 0 N–H and O–H groups in total. The second kappa shape index (κ2) is 6.67. The summed E-state index contributed by atoms with van der Waals surface area (Å²) in [5.41, 5.74) is -0.854. The number of hydrogen-bond donors (Lipinski definition) is 0. The third-order valence-corrected chi connectivity index (χ3v) is 4.70. The molecule has 27 heavy (non-hydrogen) atoms. The Kier molecular flexibility index (Phi) is 4.80. The van der Waals surface area contributed by atoms with Gasteiger partial charge in [0.2, 0.25) is 5.89 Å². The highest BCUT2D eigenvalue weighted by Gasteiger charge is 2.36.